The first-order chi connectivity index (χ1) is 8.40. The van der Waals surface area contributed by atoms with E-state index in [9.17, 15) is 9.18 Å². The highest BCUT2D eigenvalue weighted by atomic mass is 35.5. The van der Waals surface area contributed by atoms with Crippen molar-refractivity contribution in [1.29, 1.82) is 0 Å². The van der Waals surface area contributed by atoms with E-state index in [1.165, 1.54) is 23.9 Å². The first-order valence-electron chi connectivity index (χ1n) is 4.99. The zero-order chi connectivity index (χ0) is 13.7. The van der Waals surface area contributed by atoms with E-state index in [2.05, 4.69) is 5.32 Å². The van der Waals surface area contributed by atoms with E-state index in [1.807, 2.05) is 14.1 Å². The van der Waals surface area contributed by atoms with Gasteiger partial charge in [0.05, 0.1) is 16.5 Å². The number of carbonyl (C=O) groups excluding carboxylic acids is 1. The summed E-state index contributed by atoms with van der Waals surface area (Å²) in [6.07, 6.45) is 0. The molecule has 0 aliphatic rings. The van der Waals surface area contributed by atoms with Crippen molar-refractivity contribution in [2.24, 2.45) is 0 Å². The monoisotopic (exact) mass is 306 g/mol. The van der Waals surface area contributed by atoms with E-state index in [0.29, 0.717) is 10.0 Å². The lowest BCUT2D eigenvalue weighted by Gasteiger charge is -2.12. The molecule has 1 rings (SSSR count). The van der Waals surface area contributed by atoms with E-state index >= 15 is 0 Å². The molecular formula is C11H12ClFN2OS2. The maximum atomic E-state index is 12.8. The fourth-order valence-electron chi connectivity index (χ4n) is 1.03. The van der Waals surface area contributed by atoms with Crippen molar-refractivity contribution in [2.75, 3.05) is 25.2 Å². The van der Waals surface area contributed by atoms with Crippen molar-refractivity contribution in [2.45, 2.75) is 0 Å². The van der Waals surface area contributed by atoms with Crippen LogP contribution in [-0.2, 0) is 4.79 Å². The number of halogens is 2. The highest BCUT2D eigenvalue weighted by molar-refractivity contribution is 8.23. The van der Waals surface area contributed by atoms with Gasteiger partial charge in [0.15, 0.2) is 0 Å². The summed E-state index contributed by atoms with van der Waals surface area (Å²) in [5.41, 5.74) is 0.388. The summed E-state index contributed by atoms with van der Waals surface area (Å²) >= 11 is 12.1. The third-order valence-corrected chi connectivity index (χ3v) is 3.95. The molecule has 0 bridgehead atoms. The van der Waals surface area contributed by atoms with Crippen LogP contribution in [0.25, 0.3) is 0 Å². The van der Waals surface area contributed by atoms with Crippen molar-refractivity contribution >= 4 is 51.5 Å². The van der Waals surface area contributed by atoms with Crippen LogP contribution in [0.3, 0.4) is 0 Å². The molecule has 18 heavy (non-hydrogen) atoms. The zero-order valence-corrected chi connectivity index (χ0v) is 12.3. The Morgan fingerprint density at radius 2 is 2.22 bits per heavy atom. The highest BCUT2D eigenvalue weighted by Gasteiger charge is 2.09. The largest absolute Gasteiger partial charge is 0.364 e. The van der Waals surface area contributed by atoms with Gasteiger partial charge in [-0.1, -0.05) is 35.6 Å². The molecule has 1 aromatic rings. The lowest BCUT2D eigenvalue weighted by atomic mass is 10.3. The SMILES string of the molecule is CN(C)C(=S)SCC(=O)Nc1ccc(F)cc1Cl. The summed E-state index contributed by atoms with van der Waals surface area (Å²) in [5, 5.41) is 2.77. The number of hydrogen-bond donors (Lipinski definition) is 1. The number of anilines is 1. The van der Waals surface area contributed by atoms with E-state index in [4.69, 9.17) is 23.8 Å². The lowest BCUT2D eigenvalue weighted by Crippen LogP contribution is -2.20. The summed E-state index contributed by atoms with van der Waals surface area (Å²) in [6.45, 7) is 0. The molecule has 1 N–H and O–H groups in total. The van der Waals surface area contributed by atoms with Crippen LogP contribution in [0.4, 0.5) is 10.1 Å². The first-order valence-corrected chi connectivity index (χ1v) is 6.76. The van der Waals surface area contributed by atoms with Crippen molar-refractivity contribution in [3.05, 3.63) is 29.0 Å². The molecule has 0 unspecified atom stereocenters. The van der Waals surface area contributed by atoms with Crippen LogP contribution in [0.1, 0.15) is 0 Å². The number of rotatable bonds is 3. The minimum Gasteiger partial charge on any atom is -0.364 e. The van der Waals surface area contributed by atoms with Crippen molar-refractivity contribution < 1.29 is 9.18 Å². The summed E-state index contributed by atoms with van der Waals surface area (Å²) in [4.78, 5) is 13.4. The Morgan fingerprint density at radius 3 is 2.78 bits per heavy atom. The Labute approximate surface area is 120 Å². The second-order valence-electron chi connectivity index (χ2n) is 3.62. The Kier molecular flexibility index (Phi) is 5.84. The van der Waals surface area contributed by atoms with Gasteiger partial charge in [0.2, 0.25) is 5.91 Å². The third-order valence-electron chi connectivity index (χ3n) is 1.90. The van der Waals surface area contributed by atoms with Gasteiger partial charge >= 0.3 is 0 Å². The number of thiocarbonyl (C=S) groups is 1. The summed E-state index contributed by atoms with van der Waals surface area (Å²) in [5.74, 6) is -0.496. The quantitative estimate of drug-likeness (QED) is 0.870. The second kappa shape index (κ2) is 6.92. The molecule has 0 saturated heterocycles. The van der Waals surface area contributed by atoms with Crippen LogP contribution in [0.2, 0.25) is 5.02 Å². The number of nitrogens with zero attached hydrogens (tertiary/aromatic N) is 1. The minimum atomic E-state index is -0.443. The normalized spacial score (nSPS) is 10.0. The molecule has 0 heterocycles. The van der Waals surface area contributed by atoms with Gasteiger partial charge in [-0.3, -0.25) is 4.79 Å². The molecule has 1 aromatic carbocycles. The maximum Gasteiger partial charge on any atom is 0.234 e. The summed E-state index contributed by atoms with van der Waals surface area (Å²) in [7, 11) is 3.62. The Morgan fingerprint density at radius 1 is 1.56 bits per heavy atom. The van der Waals surface area contributed by atoms with Gasteiger partial charge in [0, 0.05) is 14.1 Å². The number of benzene rings is 1. The van der Waals surface area contributed by atoms with Crippen LogP contribution in [0.15, 0.2) is 18.2 Å². The summed E-state index contributed by atoms with van der Waals surface area (Å²) < 4.78 is 13.4. The fourth-order valence-corrected chi connectivity index (χ4v) is 2.01. The number of thioether (sulfide) groups is 1. The van der Waals surface area contributed by atoms with E-state index in [0.717, 1.165) is 6.07 Å². The maximum absolute atomic E-state index is 12.8. The average Bonchev–Trinajstić information content (AvgIpc) is 2.29. The van der Waals surface area contributed by atoms with Crippen LogP contribution >= 0.6 is 35.6 Å². The van der Waals surface area contributed by atoms with Gasteiger partial charge in [-0.05, 0) is 18.2 Å². The molecule has 3 nitrogen and oxygen atoms in total. The molecule has 0 saturated carbocycles. The number of amides is 1. The predicted octanol–water partition coefficient (Wildman–Crippen LogP) is 3.00. The average molecular weight is 307 g/mol. The van der Waals surface area contributed by atoms with Gasteiger partial charge in [0.1, 0.15) is 10.1 Å². The van der Waals surface area contributed by atoms with Gasteiger partial charge in [-0.15, -0.1) is 0 Å². The Balaban J connectivity index is 2.52. The second-order valence-corrected chi connectivity index (χ2v) is 5.64. The number of carbonyl (C=O) groups is 1. The highest BCUT2D eigenvalue weighted by Crippen LogP contribution is 2.22. The number of hydrogen-bond acceptors (Lipinski definition) is 3. The zero-order valence-electron chi connectivity index (χ0n) is 9.87. The van der Waals surface area contributed by atoms with Crippen LogP contribution in [-0.4, -0.2) is 35.0 Å². The van der Waals surface area contributed by atoms with Gasteiger partial charge < -0.3 is 10.2 Å². The van der Waals surface area contributed by atoms with Gasteiger partial charge in [0.25, 0.3) is 0 Å². The van der Waals surface area contributed by atoms with Crippen LogP contribution in [0.5, 0.6) is 0 Å². The van der Waals surface area contributed by atoms with Crippen molar-refractivity contribution in [3.8, 4) is 0 Å². The summed E-state index contributed by atoms with van der Waals surface area (Å²) in [6, 6.07) is 3.80. The van der Waals surface area contributed by atoms with Crippen molar-refractivity contribution in [1.82, 2.24) is 4.90 Å². The first kappa shape index (κ1) is 15.2. The van der Waals surface area contributed by atoms with E-state index in [1.54, 1.807) is 4.90 Å². The topological polar surface area (TPSA) is 32.3 Å². The Hall–Kier alpha value is -0.850. The third kappa shape index (κ3) is 4.80. The van der Waals surface area contributed by atoms with Gasteiger partial charge in [-0.25, -0.2) is 4.39 Å². The fraction of sp³-hybridized carbons (Fsp3) is 0.273. The smallest absolute Gasteiger partial charge is 0.234 e. The molecule has 0 aliphatic heterocycles. The Bertz CT molecular complexity index is 468. The van der Waals surface area contributed by atoms with Crippen molar-refractivity contribution in [3.63, 3.8) is 0 Å². The molecule has 7 heteroatoms. The predicted molar refractivity (Wildman–Crippen MR) is 78.8 cm³/mol. The molecule has 0 atom stereocenters. The molecular weight excluding hydrogens is 295 g/mol. The van der Waals surface area contributed by atoms with Crippen LogP contribution < -0.4 is 5.32 Å². The standard InChI is InChI=1S/C11H12ClFN2OS2/c1-15(2)11(17)18-6-10(16)14-9-4-3-7(13)5-8(9)12/h3-5H,6H2,1-2H3,(H,14,16). The van der Waals surface area contributed by atoms with Gasteiger partial charge in [-0.2, -0.15) is 0 Å². The van der Waals surface area contributed by atoms with E-state index < -0.39 is 5.82 Å². The lowest BCUT2D eigenvalue weighted by molar-refractivity contribution is -0.113. The van der Waals surface area contributed by atoms with E-state index in [-0.39, 0.29) is 16.7 Å². The minimum absolute atomic E-state index is 0.170. The molecule has 98 valence electrons. The van der Waals surface area contributed by atoms with Crippen LogP contribution in [0, 0.1) is 5.82 Å². The molecule has 0 aliphatic carbocycles. The molecule has 0 spiro atoms. The number of nitrogens with one attached hydrogen (secondary N) is 1. The molecule has 0 radical (unpaired) electrons. The molecule has 1 amide bonds. The molecule has 0 aromatic heterocycles. The molecule has 0 fully saturated rings.